The summed E-state index contributed by atoms with van der Waals surface area (Å²) in [5, 5.41) is 15.1. The van der Waals surface area contributed by atoms with Gasteiger partial charge >= 0.3 is 0 Å². The quantitative estimate of drug-likeness (QED) is 0.693. The maximum absolute atomic E-state index is 12.0. The molecule has 22 heavy (non-hydrogen) atoms. The molecule has 1 amide bonds. The Bertz CT molecular complexity index is 763. The number of carbonyl (C=O) groups excluding carboxylic acids is 1. The number of thiophene rings is 3. The summed E-state index contributed by atoms with van der Waals surface area (Å²) >= 11 is 10.1. The summed E-state index contributed by atoms with van der Waals surface area (Å²) in [4.78, 5) is 15.4. The summed E-state index contributed by atoms with van der Waals surface area (Å²) in [5.74, 6) is -0.134. The summed E-state index contributed by atoms with van der Waals surface area (Å²) < 4.78 is 0.600. The number of hydrogen-bond acceptors (Lipinski definition) is 5. The second-order valence-electron chi connectivity index (χ2n) is 4.51. The molecule has 0 aliphatic heterocycles. The van der Waals surface area contributed by atoms with Crippen LogP contribution in [0, 0.1) is 0 Å². The summed E-state index contributed by atoms with van der Waals surface area (Å²) in [6.07, 6.45) is -0.592. The lowest BCUT2D eigenvalue weighted by Gasteiger charge is -2.05. The predicted octanol–water partition coefficient (Wildman–Crippen LogP) is 4.54. The second-order valence-corrected chi connectivity index (χ2v) is 8.40. The zero-order valence-electron chi connectivity index (χ0n) is 11.3. The standard InChI is InChI=1S/C15H12ClNO2S3/c16-13-6-5-12(22-13)15(19)17-8-9-3-4-11(21-9)14(18)10-2-1-7-20-10/h1-7,14,18H,8H2,(H,17,19)/t14-/m1/s1. The number of aliphatic hydroxyl groups is 1. The lowest BCUT2D eigenvalue weighted by molar-refractivity contribution is 0.0955. The van der Waals surface area contributed by atoms with E-state index < -0.39 is 6.10 Å². The first-order valence-corrected chi connectivity index (χ1v) is 9.36. The minimum Gasteiger partial charge on any atom is -0.382 e. The van der Waals surface area contributed by atoms with Crippen LogP contribution >= 0.6 is 45.6 Å². The van der Waals surface area contributed by atoms with E-state index in [4.69, 9.17) is 11.6 Å². The van der Waals surface area contributed by atoms with Crippen molar-refractivity contribution in [2.24, 2.45) is 0 Å². The molecule has 114 valence electrons. The van der Waals surface area contributed by atoms with Gasteiger partial charge in [-0.1, -0.05) is 17.7 Å². The van der Waals surface area contributed by atoms with Crippen LogP contribution in [0.3, 0.4) is 0 Å². The summed E-state index contributed by atoms with van der Waals surface area (Å²) in [7, 11) is 0. The van der Waals surface area contributed by atoms with Crippen LogP contribution in [-0.4, -0.2) is 11.0 Å². The SMILES string of the molecule is O=C(NCc1ccc([C@H](O)c2cccs2)s1)c1ccc(Cl)s1. The van der Waals surface area contributed by atoms with Crippen LogP contribution in [-0.2, 0) is 6.54 Å². The van der Waals surface area contributed by atoms with Crippen LogP contribution < -0.4 is 5.32 Å². The van der Waals surface area contributed by atoms with E-state index in [2.05, 4.69) is 5.32 Å². The fourth-order valence-corrected chi connectivity index (χ4v) is 4.63. The van der Waals surface area contributed by atoms with Gasteiger partial charge < -0.3 is 10.4 Å². The topological polar surface area (TPSA) is 49.3 Å². The van der Waals surface area contributed by atoms with Crippen molar-refractivity contribution >= 4 is 51.5 Å². The van der Waals surface area contributed by atoms with E-state index in [1.807, 2.05) is 29.6 Å². The first-order chi connectivity index (χ1) is 10.6. The van der Waals surface area contributed by atoms with E-state index in [-0.39, 0.29) is 5.91 Å². The molecule has 3 nitrogen and oxygen atoms in total. The number of halogens is 1. The molecule has 0 saturated carbocycles. The van der Waals surface area contributed by atoms with Crippen molar-refractivity contribution in [3.63, 3.8) is 0 Å². The third-order valence-corrected chi connectivity index (χ3v) is 6.28. The predicted molar refractivity (Wildman–Crippen MR) is 93.2 cm³/mol. The van der Waals surface area contributed by atoms with Gasteiger partial charge in [-0.15, -0.1) is 34.0 Å². The van der Waals surface area contributed by atoms with Crippen molar-refractivity contribution in [1.82, 2.24) is 5.32 Å². The summed E-state index contributed by atoms with van der Waals surface area (Å²) in [6.45, 7) is 0.441. The minimum absolute atomic E-state index is 0.134. The van der Waals surface area contributed by atoms with E-state index >= 15 is 0 Å². The first kappa shape index (κ1) is 15.7. The molecule has 0 aliphatic rings. The Kier molecular flexibility index (Phi) is 4.95. The van der Waals surface area contributed by atoms with Crippen molar-refractivity contribution in [3.05, 3.63) is 65.6 Å². The van der Waals surface area contributed by atoms with E-state index in [9.17, 15) is 9.90 Å². The molecular weight excluding hydrogens is 358 g/mol. The number of carbonyl (C=O) groups is 1. The fourth-order valence-electron chi connectivity index (χ4n) is 1.91. The lowest BCUT2D eigenvalue weighted by Crippen LogP contribution is -2.21. The first-order valence-electron chi connectivity index (χ1n) is 6.47. The minimum atomic E-state index is -0.592. The van der Waals surface area contributed by atoms with Gasteiger partial charge in [0.05, 0.1) is 15.8 Å². The molecule has 0 spiro atoms. The van der Waals surface area contributed by atoms with Gasteiger partial charge in [-0.3, -0.25) is 4.79 Å². The Morgan fingerprint density at radius 2 is 2.05 bits per heavy atom. The number of hydrogen-bond donors (Lipinski definition) is 2. The Balaban J connectivity index is 1.61. The van der Waals surface area contributed by atoms with Crippen LogP contribution in [0.25, 0.3) is 0 Å². The van der Waals surface area contributed by atoms with E-state index in [0.717, 1.165) is 14.6 Å². The molecule has 3 heterocycles. The van der Waals surface area contributed by atoms with Gasteiger partial charge in [0.2, 0.25) is 0 Å². The molecule has 0 fully saturated rings. The summed E-state index contributed by atoms with van der Waals surface area (Å²) in [5.41, 5.74) is 0. The molecule has 0 aromatic carbocycles. The van der Waals surface area contributed by atoms with Crippen LogP contribution in [0.4, 0.5) is 0 Å². The smallest absolute Gasteiger partial charge is 0.261 e. The van der Waals surface area contributed by atoms with Crippen LogP contribution in [0.1, 0.15) is 30.4 Å². The monoisotopic (exact) mass is 369 g/mol. The lowest BCUT2D eigenvalue weighted by atomic mass is 10.2. The van der Waals surface area contributed by atoms with E-state index in [1.165, 1.54) is 34.0 Å². The van der Waals surface area contributed by atoms with Gasteiger partial charge in [-0.25, -0.2) is 0 Å². The molecule has 2 N–H and O–H groups in total. The number of amides is 1. The highest BCUT2D eigenvalue weighted by Gasteiger charge is 2.14. The van der Waals surface area contributed by atoms with E-state index in [1.54, 1.807) is 12.1 Å². The van der Waals surface area contributed by atoms with Crippen molar-refractivity contribution < 1.29 is 9.90 Å². The van der Waals surface area contributed by atoms with Crippen molar-refractivity contribution in [2.75, 3.05) is 0 Å². The van der Waals surface area contributed by atoms with Gasteiger partial charge in [0.1, 0.15) is 6.10 Å². The average molecular weight is 370 g/mol. The molecule has 3 rings (SSSR count). The molecular formula is C15H12ClNO2S3. The maximum atomic E-state index is 12.0. The molecule has 3 aromatic rings. The molecule has 0 saturated heterocycles. The largest absolute Gasteiger partial charge is 0.382 e. The third-order valence-electron chi connectivity index (χ3n) is 2.98. The van der Waals surface area contributed by atoms with E-state index in [0.29, 0.717) is 15.8 Å². The maximum Gasteiger partial charge on any atom is 0.261 e. The summed E-state index contributed by atoms with van der Waals surface area (Å²) in [6, 6.07) is 11.1. The molecule has 0 bridgehead atoms. The third kappa shape index (κ3) is 3.59. The Morgan fingerprint density at radius 1 is 1.18 bits per heavy atom. The zero-order chi connectivity index (χ0) is 15.5. The van der Waals surface area contributed by atoms with Crippen molar-refractivity contribution in [1.29, 1.82) is 0 Å². The average Bonchev–Trinajstić information content (AvgIpc) is 3.25. The molecule has 0 radical (unpaired) electrons. The van der Waals surface area contributed by atoms with Gasteiger partial charge in [-0.2, -0.15) is 0 Å². The highest BCUT2D eigenvalue weighted by atomic mass is 35.5. The fraction of sp³-hybridized carbons (Fsp3) is 0.133. The van der Waals surface area contributed by atoms with Crippen molar-refractivity contribution in [2.45, 2.75) is 12.6 Å². The molecule has 0 aliphatic carbocycles. The Labute approximate surface area is 144 Å². The highest BCUT2D eigenvalue weighted by molar-refractivity contribution is 7.18. The number of nitrogens with one attached hydrogen (secondary N) is 1. The Morgan fingerprint density at radius 3 is 2.73 bits per heavy atom. The van der Waals surface area contributed by atoms with Crippen LogP contribution in [0.2, 0.25) is 4.34 Å². The molecule has 1 atom stereocenters. The van der Waals surface area contributed by atoms with Gasteiger partial charge in [0.15, 0.2) is 0 Å². The number of rotatable bonds is 5. The Hall–Kier alpha value is -1.18. The van der Waals surface area contributed by atoms with Crippen LogP contribution in [0.15, 0.2) is 41.8 Å². The van der Waals surface area contributed by atoms with Gasteiger partial charge in [0.25, 0.3) is 5.91 Å². The molecule has 0 unspecified atom stereocenters. The highest BCUT2D eigenvalue weighted by Crippen LogP contribution is 2.31. The molecule has 3 aromatic heterocycles. The second kappa shape index (κ2) is 6.93. The van der Waals surface area contributed by atoms with Gasteiger partial charge in [0, 0.05) is 14.6 Å². The van der Waals surface area contributed by atoms with Gasteiger partial charge in [-0.05, 0) is 35.7 Å². The number of aliphatic hydroxyl groups excluding tert-OH is 1. The van der Waals surface area contributed by atoms with Crippen molar-refractivity contribution in [3.8, 4) is 0 Å². The molecule has 7 heteroatoms. The zero-order valence-corrected chi connectivity index (χ0v) is 14.5. The van der Waals surface area contributed by atoms with Crippen LogP contribution in [0.5, 0.6) is 0 Å². The normalized spacial score (nSPS) is 12.3.